The third-order valence-electron chi connectivity index (χ3n) is 6.60. The molecule has 3 nitrogen and oxygen atoms in total. The van der Waals surface area contributed by atoms with Gasteiger partial charge in [-0.1, -0.05) is 115 Å². The summed E-state index contributed by atoms with van der Waals surface area (Å²) >= 11 is 0. The number of benzene rings is 3. The van der Waals surface area contributed by atoms with Gasteiger partial charge < -0.3 is 10.0 Å². The molecule has 1 fully saturated rings. The molecule has 0 aromatic heterocycles. The lowest BCUT2D eigenvalue weighted by Gasteiger charge is -2.18. The lowest BCUT2D eigenvalue weighted by atomic mass is 9.98. The Balaban J connectivity index is 0.000000557. The average Bonchev–Trinajstić information content (AvgIpc) is 3.41. The number of Topliss-reactive ketones (excluding diaryl/α,β-unsaturated/α-hetero) is 1. The Bertz CT molecular complexity index is 1110. The second-order valence-electron chi connectivity index (χ2n) is 10.1. The predicted molar refractivity (Wildman–Crippen MR) is 177 cm³/mol. The van der Waals surface area contributed by atoms with Gasteiger partial charge in [0.15, 0.2) is 5.78 Å². The summed E-state index contributed by atoms with van der Waals surface area (Å²) in [6.45, 7) is 21.9. The molecule has 3 aromatic carbocycles. The fourth-order valence-corrected chi connectivity index (χ4v) is 4.48. The number of carbonyl (C=O) groups is 1. The topological polar surface area (TPSA) is 40.5 Å². The summed E-state index contributed by atoms with van der Waals surface area (Å²) in [5, 5.41) is 9.33. The standard InChI is InChI=1S/C12H16FN.C12H16O.C9H12O.2C2H6/c1-9-3-4-12(11(13)7-9)14-6-5-10(2)8-14;1-4-5-11-8-9(2)6-7-12(11)10(3)13;1-2-9(10)8-6-4-3-5-7-8;2*1-2/h3-4,7,10H,5-6,8H2,1-2H3;6-8H,4-5H2,1-3H3;3-7,9-10H,2H2,1H3;2*1-2H3. The molecule has 0 radical (unpaired) electrons. The van der Waals surface area contributed by atoms with Crippen molar-refractivity contribution in [1.82, 2.24) is 0 Å². The zero-order valence-electron chi connectivity index (χ0n) is 27.4. The monoisotopic (exact) mass is 565 g/mol. The Morgan fingerprint density at radius 2 is 1.54 bits per heavy atom. The molecule has 2 atom stereocenters. The first-order valence-corrected chi connectivity index (χ1v) is 15.5. The number of ketones is 1. The molecule has 0 spiro atoms. The van der Waals surface area contributed by atoms with Crippen molar-refractivity contribution in [2.75, 3.05) is 18.0 Å². The van der Waals surface area contributed by atoms with Gasteiger partial charge in [-0.05, 0) is 74.8 Å². The van der Waals surface area contributed by atoms with E-state index in [1.165, 1.54) is 17.5 Å². The van der Waals surface area contributed by atoms with Gasteiger partial charge in [0.2, 0.25) is 0 Å². The number of nitrogens with zero attached hydrogens (tertiary/aromatic N) is 1. The van der Waals surface area contributed by atoms with Gasteiger partial charge in [0.1, 0.15) is 5.82 Å². The zero-order chi connectivity index (χ0) is 31.4. The van der Waals surface area contributed by atoms with E-state index in [0.29, 0.717) is 5.92 Å². The van der Waals surface area contributed by atoms with E-state index < -0.39 is 0 Å². The molecule has 1 aliphatic rings. The van der Waals surface area contributed by atoms with Crippen molar-refractivity contribution >= 4 is 11.5 Å². The van der Waals surface area contributed by atoms with Gasteiger partial charge in [0.05, 0.1) is 11.8 Å². The Morgan fingerprint density at radius 3 is 2.02 bits per heavy atom. The molecular weight excluding hydrogens is 509 g/mol. The van der Waals surface area contributed by atoms with Crippen molar-refractivity contribution in [1.29, 1.82) is 0 Å². The van der Waals surface area contributed by atoms with Crippen LogP contribution in [0.25, 0.3) is 0 Å². The number of hydrogen-bond donors (Lipinski definition) is 1. The van der Waals surface area contributed by atoms with Crippen LogP contribution in [0.5, 0.6) is 0 Å². The van der Waals surface area contributed by atoms with Crippen LogP contribution in [-0.4, -0.2) is 24.0 Å². The molecule has 228 valence electrons. The molecule has 4 heteroatoms. The number of aliphatic hydroxyl groups excluding tert-OH is 1. The lowest BCUT2D eigenvalue weighted by Crippen LogP contribution is -2.20. The maximum absolute atomic E-state index is 13.6. The molecule has 0 bridgehead atoms. The Morgan fingerprint density at radius 1 is 0.951 bits per heavy atom. The first-order valence-electron chi connectivity index (χ1n) is 15.5. The fourth-order valence-electron chi connectivity index (χ4n) is 4.48. The van der Waals surface area contributed by atoms with E-state index >= 15 is 0 Å². The van der Waals surface area contributed by atoms with Crippen molar-refractivity contribution in [2.24, 2.45) is 5.92 Å². The van der Waals surface area contributed by atoms with Gasteiger partial charge in [-0.2, -0.15) is 0 Å². The van der Waals surface area contributed by atoms with Crippen LogP contribution in [0.2, 0.25) is 0 Å². The third-order valence-corrected chi connectivity index (χ3v) is 6.60. The van der Waals surface area contributed by atoms with Crippen LogP contribution >= 0.6 is 0 Å². The highest BCUT2D eigenvalue weighted by atomic mass is 19.1. The van der Waals surface area contributed by atoms with Crippen LogP contribution in [0, 0.1) is 25.6 Å². The van der Waals surface area contributed by atoms with E-state index in [2.05, 4.69) is 31.7 Å². The number of hydrogen-bond acceptors (Lipinski definition) is 3. The summed E-state index contributed by atoms with van der Waals surface area (Å²) in [5.41, 5.74) is 6.05. The molecule has 2 unspecified atom stereocenters. The molecule has 1 saturated heterocycles. The minimum atomic E-state index is -0.291. The number of anilines is 1. The molecular formula is C37H56FNO2. The third kappa shape index (κ3) is 14.0. The first-order chi connectivity index (χ1) is 19.7. The predicted octanol–water partition coefficient (Wildman–Crippen LogP) is 10.3. The summed E-state index contributed by atoms with van der Waals surface area (Å²) in [6, 6.07) is 21.2. The van der Waals surface area contributed by atoms with Crippen LogP contribution in [0.1, 0.15) is 113 Å². The molecule has 0 saturated carbocycles. The van der Waals surface area contributed by atoms with Crippen LogP contribution in [-0.2, 0) is 6.42 Å². The molecule has 1 heterocycles. The highest BCUT2D eigenvalue weighted by Gasteiger charge is 2.20. The maximum atomic E-state index is 13.6. The number of carbonyl (C=O) groups excluding carboxylic acids is 1. The van der Waals surface area contributed by atoms with Crippen molar-refractivity contribution in [3.05, 3.63) is 100 Å². The number of aliphatic hydroxyl groups is 1. The van der Waals surface area contributed by atoms with E-state index in [9.17, 15) is 14.3 Å². The van der Waals surface area contributed by atoms with Crippen LogP contribution in [0.3, 0.4) is 0 Å². The van der Waals surface area contributed by atoms with Crippen molar-refractivity contribution < 1.29 is 14.3 Å². The van der Waals surface area contributed by atoms with Gasteiger partial charge in [-0.25, -0.2) is 4.39 Å². The van der Waals surface area contributed by atoms with Crippen molar-refractivity contribution in [3.8, 4) is 0 Å². The molecule has 1 aliphatic heterocycles. The van der Waals surface area contributed by atoms with E-state index in [1.54, 1.807) is 13.0 Å². The average molecular weight is 566 g/mol. The number of aryl methyl sites for hydroxylation is 3. The Kier molecular flexibility index (Phi) is 20.1. The second kappa shape index (κ2) is 21.7. The van der Waals surface area contributed by atoms with Gasteiger partial charge in [-0.3, -0.25) is 4.79 Å². The van der Waals surface area contributed by atoms with Crippen molar-refractivity contribution in [2.45, 2.75) is 101 Å². The second-order valence-corrected chi connectivity index (χ2v) is 10.1. The Labute approximate surface area is 250 Å². The molecule has 3 aromatic rings. The highest BCUT2D eigenvalue weighted by molar-refractivity contribution is 5.95. The van der Waals surface area contributed by atoms with Crippen LogP contribution in [0.15, 0.2) is 66.7 Å². The molecule has 4 rings (SSSR count). The zero-order valence-corrected chi connectivity index (χ0v) is 27.4. The largest absolute Gasteiger partial charge is 0.388 e. The Hall–Kier alpha value is -2.98. The number of rotatable bonds is 6. The minimum Gasteiger partial charge on any atom is -0.388 e. The lowest BCUT2D eigenvalue weighted by molar-refractivity contribution is 0.101. The normalized spacial score (nSPS) is 14.0. The van der Waals surface area contributed by atoms with Crippen LogP contribution < -0.4 is 4.90 Å². The quantitative estimate of drug-likeness (QED) is 0.302. The highest BCUT2D eigenvalue weighted by Crippen LogP contribution is 2.26. The van der Waals surface area contributed by atoms with Gasteiger partial charge in [0.25, 0.3) is 0 Å². The van der Waals surface area contributed by atoms with Gasteiger partial charge in [-0.15, -0.1) is 0 Å². The minimum absolute atomic E-state index is 0.0842. The summed E-state index contributed by atoms with van der Waals surface area (Å²) in [7, 11) is 0. The fraction of sp³-hybridized carbons (Fsp3) is 0.486. The molecule has 41 heavy (non-hydrogen) atoms. The summed E-state index contributed by atoms with van der Waals surface area (Å²) in [4.78, 5) is 13.4. The summed E-state index contributed by atoms with van der Waals surface area (Å²) in [5.74, 6) is 0.776. The maximum Gasteiger partial charge on any atom is 0.160 e. The molecule has 0 amide bonds. The summed E-state index contributed by atoms with van der Waals surface area (Å²) in [6.07, 6.45) is 3.75. The van der Waals surface area contributed by atoms with Gasteiger partial charge in [0, 0.05) is 18.7 Å². The van der Waals surface area contributed by atoms with Crippen LogP contribution in [0.4, 0.5) is 10.1 Å². The summed E-state index contributed by atoms with van der Waals surface area (Å²) < 4.78 is 13.6. The van der Waals surface area contributed by atoms with Crippen molar-refractivity contribution in [3.63, 3.8) is 0 Å². The van der Waals surface area contributed by atoms with E-state index in [4.69, 9.17) is 0 Å². The number of halogens is 1. The van der Waals surface area contributed by atoms with E-state index in [-0.39, 0.29) is 17.7 Å². The molecule has 1 N–H and O–H groups in total. The van der Waals surface area contributed by atoms with E-state index in [1.807, 2.05) is 96.1 Å². The smallest absolute Gasteiger partial charge is 0.160 e. The van der Waals surface area contributed by atoms with E-state index in [0.717, 1.165) is 54.7 Å². The first kappa shape index (κ1) is 38.0. The van der Waals surface area contributed by atoms with Gasteiger partial charge >= 0.3 is 0 Å². The SMILES string of the molecule is CC.CC.CCC(O)c1ccccc1.CCCc1cc(C)ccc1C(C)=O.Cc1ccc(N2CCC(C)C2)c(F)c1. The molecule has 0 aliphatic carbocycles.